The maximum Gasteiger partial charge on any atom is 0.238 e. The van der Waals surface area contributed by atoms with Gasteiger partial charge < -0.3 is 20.9 Å². The Morgan fingerprint density at radius 1 is 1.12 bits per heavy atom. The highest BCUT2D eigenvalue weighted by molar-refractivity contribution is 5.96. The zero-order valence-electron chi connectivity index (χ0n) is 14.4. The summed E-state index contributed by atoms with van der Waals surface area (Å²) in [5, 5.41) is 9.20. The Bertz CT molecular complexity index is 606. The first-order valence-corrected chi connectivity index (χ1v) is 8.55. The number of carbonyl (C=O) groups is 2. The second kappa shape index (κ2) is 6.91. The first-order valence-electron chi connectivity index (χ1n) is 8.55. The normalized spacial score (nSPS) is 21.5. The van der Waals surface area contributed by atoms with Crippen LogP contribution in [-0.2, 0) is 9.59 Å². The van der Waals surface area contributed by atoms with Crippen LogP contribution in [0.2, 0.25) is 0 Å². The monoisotopic (exact) mass is 330 g/mol. The van der Waals surface area contributed by atoms with Crippen molar-refractivity contribution in [2.24, 2.45) is 11.3 Å². The van der Waals surface area contributed by atoms with Gasteiger partial charge in [0.2, 0.25) is 11.8 Å². The Morgan fingerprint density at radius 3 is 2.29 bits per heavy atom. The number of anilines is 2. The Labute approximate surface area is 143 Å². The highest BCUT2D eigenvalue weighted by Crippen LogP contribution is 2.58. The number of hydrogen-bond donors (Lipinski definition) is 3. The van der Waals surface area contributed by atoms with Crippen LogP contribution in [0.5, 0.6) is 0 Å². The van der Waals surface area contributed by atoms with Gasteiger partial charge in [-0.1, -0.05) is 0 Å². The number of carbonyl (C=O) groups excluding carboxylic acids is 2. The molecule has 1 saturated heterocycles. The molecular weight excluding hydrogens is 304 g/mol. The molecule has 0 radical (unpaired) electrons. The lowest BCUT2D eigenvalue weighted by Gasteiger charge is -2.23. The maximum absolute atomic E-state index is 12.4. The molecule has 1 atom stereocenters. The molecule has 1 aliphatic carbocycles. The number of benzene rings is 1. The van der Waals surface area contributed by atoms with E-state index in [0.717, 1.165) is 43.7 Å². The number of likely N-dealkylation sites (N-methyl/N-ethyl adjacent to an activating group) is 1. The number of nitrogens with one attached hydrogen (secondary N) is 3. The minimum atomic E-state index is -0.0531. The van der Waals surface area contributed by atoms with Gasteiger partial charge >= 0.3 is 0 Å². The minimum Gasteiger partial charge on any atom is -0.326 e. The van der Waals surface area contributed by atoms with Crippen molar-refractivity contribution in [2.75, 3.05) is 44.4 Å². The van der Waals surface area contributed by atoms with Crippen molar-refractivity contribution in [3.63, 3.8) is 0 Å². The number of nitrogens with zero attached hydrogens (tertiary/aromatic N) is 1. The lowest BCUT2D eigenvalue weighted by Crippen LogP contribution is -2.31. The molecule has 2 aliphatic rings. The maximum atomic E-state index is 12.4. The van der Waals surface area contributed by atoms with Gasteiger partial charge in [0, 0.05) is 17.3 Å². The van der Waals surface area contributed by atoms with Gasteiger partial charge in [-0.2, -0.15) is 0 Å². The summed E-state index contributed by atoms with van der Waals surface area (Å²) in [5.41, 5.74) is 1.76. The van der Waals surface area contributed by atoms with Gasteiger partial charge in [0.05, 0.1) is 6.54 Å². The summed E-state index contributed by atoms with van der Waals surface area (Å²) in [6.45, 7) is 2.38. The van der Waals surface area contributed by atoms with Crippen LogP contribution in [0.3, 0.4) is 0 Å². The van der Waals surface area contributed by atoms with Gasteiger partial charge in [0.1, 0.15) is 0 Å². The van der Waals surface area contributed by atoms with Crippen molar-refractivity contribution in [2.45, 2.75) is 19.3 Å². The molecule has 0 bridgehead atoms. The van der Waals surface area contributed by atoms with Gasteiger partial charge in [-0.15, -0.1) is 0 Å². The fraction of sp³-hybridized carbons (Fsp3) is 0.556. The van der Waals surface area contributed by atoms with E-state index in [1.54, 1.807) is 0 Å². The molecule has 1 aromatic rings. The molecule has 2 fully saturated rings. The van der Waals surface area contributed by atoms with E-state index >= 15 is 0 Å². The molecule has 3 N–H and O–H groups in total. The van der Waals surface area contributed by atoms with Crippen molar-refractivity contribution < 1.29 is 9.59 Å². The van der Waals surface area contributed by atoms with Crippen molar-refractivity contribution in [1.29, 1.82) is 0 Å². The summed E-state index contributed by atoms with van der Waals surface area (Å²) >= 11 is 0. The minimum absolute atomic E-state index is 0.0531. The first kappa shape index (κ1) is 16.9. The van der Waals surface area contributed by atoms with Crippen LogP contribution in [0.1, 0.15) is 19.3 Å². The van der Waals surface area contributed by atoms with Crippen LogP contribution in [0, 0.1) is 11.3 Å². The number of amides is 2. The van der Waals surface area contributed by atoms with E-state index in [2.05, 4.69) is 16.0 Å². The van der Waals surface area contributed by atoms with Gasteiger partial charge in [-0.05, 0) is 76.1 Å². The first-order chi connectivity index (χ1) is 11.5. The predicted molar refractivity (Wildman–Crippen MR) is 94.9 cm³/mol. The molecule has 130 valence electrons. The van der Waals surface area contributed by atoms with Crippen LogP contribution >= 0.6 is 0 Å². The van der Waals surface area contributed by atoms with E-state index in [1.165, 1.54) is 0 Å². The highest BCUT2D eigenvalue weighted by atomic mass is 16.2. The summed E-state index contributed by atoms with van der Waals surface area (Å²) in [6.07, 6.45) is 3.21. The zero-order chi connectivity index (χ0) is 17.2. The topological polar surface area (TPSA) is 73.5 Å². The molecular formula is C18H26N4O2. The van der Waals surface area contributed by atoms with Crippen LogP contribution in [-0.4, -0.2) is 50.4 Å². The van der Waals surface area contributed by atoms with Gasteiger partial charge in [0.25, 0.3) is 0 Å². The van der Waals surface area contributed by atoms with Crippen molar-refractivity contribution in [3.05, 3.63) is 24.3 Å². The molecule has 3 rings (SSSR count). The van der Waals surface area contributed by atoms with Crippen molar-refractivity contribution in [3.8, 4) is 0 Å². The summed E-state index contributed by atoms with van der Waals surface area (Å²) in [7, 11) is 3.70. The van der Waals surface area contributed by atoms with Crippen LogP contribution < -0.4 is 16.0 Å². The summed E-state index contributed by atoms with van der Waals surface area (Å²) in [4.78, 5) is 26.0. The molecule has 1 aliphatic heterocycles. The molecule has 1 aromatic carbocycles. The van der Waals surface area contributed by atoms with Crippen LogP contribution in [0.4, 0.5) is 11.4 Å². The lowest BCUT2D eigenvalue weighted by atomic mass is 9.92. The van der Waals surface area contributed by atoms with E-state index in [4.69, 9.17) is 0 Å². The van der Waals surface area contributed by atoms with Gasteiger partial charge in [-0.3, -0.25) is 9.59 Å². The molecule has 1 unspecified atom stereocenters. The quantitative estimate of drug-likeness (QED) is 0.765. The summed E-state index contributed by atoms with van der Waals surface area (Å²) in [6, 6.07) is 7.30. The Balaban J connectivity index is 1.51. The Morgan fingerprint density at radius 2 is 1.71 bits per heavy atom. The summed E-state index contributed by atoms with van der Waals surface area (Å²) in [5.74, 6) is 0.225. The third-order valence-electron chi connectivity index (χ3n) is 5.00. The number of hydrogen-bond acceptors (Lipinski definition) is 4. The van der Waals surface area contributed by atoms with E-state index in [9.17, 15) is 9.59 Å². The molecule has 1 heterocycles. The Kier molecular flexibility index (Phi) is 4.87. The second-order valence-corrected chi connectivity index (χ2v) is 7.22. The molecule has 24 heavy (non-hydrogen) atoms. The standard InChI is InChI=1S/C18H26N4O2/c1-22(2)12-16(23)20-13-3-5-14(6-4-13)21-17(24)15-11-18(15)7-9-19-10-8-18/h3-6,15,19H,7-12H2,1-2H3,(H,20,23)(H,21,24). The fourth-order valence-corrected chi connectivity index (χ4v) is 3.55. The zero-order valence-corrected chi connectivity index (χ0v) is 14.4. The van der Waals surface area contributed by atoms with Crippen LogP contribution in [0.25, 0.3) is 0 Å². The molecule has 2 amide bonds. The Hall–Kier alpha value is -1.92. The largest absolute Gasteiger partial charge is 0.326 e. The molecule has 1 saturated carbocycles. The molecule has 6 nitrogen and oxygen atoms in total. The number of rotatable bonds is 5. The highest BCUT2D eigenvalue weighted by Gasteiger charge is 2.57. The lowest BCUT2D eigenvalue weighted by molar-refractivity contribution is -0.118. The fourth-order valence-electron chi connectivity index (χ4n) is 3.55. The van der Waals surface area contributed by atoms with Gasteiger partial charge in [-0.25, -0.2) is 0 Å². The van der Waals surface area contributed by atoms with Gasteiger partial charge in [0.15, 0.2) is 0 Å². The summed E-state index contributed by atoms with van der Waals surface area (Å²) < 4.78 is 0. The average molecular weight is 330 g/mol. The van der Waals surface area contributed by atoms with E-state index in [0.29, 0.717) is 6.54 Å². The molecule has 0 aromatic heterocycles. The molecule has 1 spiro atoms. The SMILES string of the molecule is CN(C)CC(=O)Nc1ccc(NC(=O)C2CC23CCNCC3)cc1. The molecule has 6 heteroatoms. The predicted octanol–water partition coefficient (Wildman–Crippen LogP) is 1.51. The third kappa shape index (κ3) is 3.94. The number of piperidine rings is 1. The van der Waals surface area contributed by atoms with Crippen LogP contribution in [0.15, 0.2) is 24.3 Å². The van der Waals surface area contributed by atoms with Crippen molar-refractivity contribution in [1.82, 2.24) is 10.2 Å². The average Bonchev–Trinajstić information content (AvgIpc) is 3.22. The smallest absolute Gasteiger partial charge is 0.238 e. The second-order valence-electron chi connectivity index (χ2n) is 7.22. The van der Waals surface area contributed by atoms with E-state index < -0.39 is 0 Å². The third-order valence-corrected chi connectivity index (χ3v) is 5.00. The van der Waals surface area contributed by atoms with E-state index in [1.807, 2.05) is 43.3 Å². The van der Waals surface area contributed by atoms with Crippen molar-refractivity contribution >= 4 is 23.2 Å². The van der Waals surface area contributed by atoms with E-state index in [-0.39, 0.29) is 23.1 Å².